The second kappa shape index (κ2) is 6.75. The van der Waals surface area contributed by atoms with Gasteiger partial charge in [-0.2, -0.15) is 0 Å². The van der Waals surface area contributed by atoms with Gasteiger partial charge in [-0.15, -0.1) is 0 Å². The second-order valence-corrected chi connectivity index (χ2v) is 6.98. The van der Waals surface area contributed by atoms with Crippen LogP contribution in [0, 0.1) is 25.6 Å². The molecule has 1 aliphatic rings. The van der Waals surface area contributed by atoms with E-state index in [9.17, 15) is 20.2 Å². The Balaban J connectivity index is 2.14. The first-order valence-corrected chi connectivity index (χ1v) is 8.17. The van der Waals surface area contributed by atoms with Crippen molar-refractivity contribution in [2.24, 2.45) is 5.41 Å². The summed E-state index contributed by atoms with van der Waals surface area (Å²) in [7, 11) is 0. The maximum atomic E-state index is 11.9. The molecule has 0 saturated carbocycles. The summed E-state index contributed by atoms with van der Waals surface area (Å²) in [6.45, 7) is 3.17. The number of nitro groups is 2. The average Bonchev–Trinajstić information content (AvgIpc) is 2.60. The predicted octanol–water partition coefficient (Wildman–Crippen LogP) is 2.18. The van der Waals surface area contributed by atoms with Crippen LogP contribution in [-0.2, 0) is 0 Å². The van der Waals surface area contributed by atoms with Gasteiger partial charge in [0.1, 0.15) is 17.5 Å². The zero-order valence-electron chi connectivity index (χ0n) is 14.4. The van der Waals surface area contributed by atoms with E-state index in [1.807, 2.05) is 0 Å². The fraction of sp³-hybridized carbons (Fsp3) is 0.412. The number of aromatic nitrogens is 2. The number of piperidine rings is 1. The standard InChI is InChI=1S/C17H19N5O4/c1-17(2)15(21(23)24)13(11-5-3-7-18-9-11)20-14(16(17)22(25)26)12-6-4-8-19-10-12/h3-10,13-16,20H,1-2H3/t13-,14-,15-,16+/m1/s1. The van der Waals surface area contributed by atoms with E-state index >= 15 is 0 Å². The fourth-order valence-electron chi connectivity index (χ4n) is 3.87. The van der Waals surface area contributed by atoms with E-state index in [2.05, 4.69) is 15.3 Å². The average molecular weight is 357 g/mol. The molecule has 26 heavy (non-hydrogen) atoms. The highest BCUT2D eigenvalue weighted by atomic mass is 16.6. The molecule has 0 radical (unpaired) electrons. The minimum absolute atomic E-state index is 0.430. The quantitative estimate of drug-likeness (QED) is 0.657. The van der Waals surface area contributed by atoms with Gasteiger partial charge in [-0.25, -0.2) is 0 Å². The molecule has 9 heteroatoms. The number of pyridine rings is 2. The number of nitrogens with zero attached hydrogens (tertiary/aromatic N) is 4. The number of hydrogen-bond donors (Lipinski definition) is 1. The van der Waals surface area contributed by atoms with Crippen molar-refractivity contribution in [3.05, 3.63) is 80.4 Å². The Hall–Kier alpha value is -2.94. The Labute approximate surface area is 149 Å². The highest BCUT2D eigenvalue weighted by Gasteiger charge is 2.62. The van der Waals surface area contributed by atoms with Crippen molar-refractivity contribution < 1.29 is 9.85 Å². The van der Waals surface area contributed by atoms with Gasteiger partial charge in [0.2, 0.25) is 12.1 Å². The molecule has 9 nitrogen and oxygen atoms in total. The molecule has 1 fully saturated rings. The summed E-state index contributed by atoms with van der Waals surface area (Å²) in [5, 5.41) is 26.9. The highest BCUT2D eigenvalue weighted by Crippen LogP contribution is 2.46. The van der Waals surface area contributed by atoms with E-state index in [-0.39, 0.29) is 0 Å². The Bertz CT molecular complexity index is 734. The van der Waals surface area contributed by atoms with Crippen LogP contribution in [0.3, 0.4) is 0 Å². The normalized spacial score (nSPS) is 27.6. The third-order valence-electron chi connectivity index (χ3n) is 5.06. The second-order valence-electron chi connectivity index (χ2n) is 6.98. The maximum absolute atomic E-state index is 11.9. The van der Waals surface area contributed by atoms with Gasteiger partial charge in [-0.3, -0.25) is 35.5 Å². The summed E-state index contributed by atoms with van der Waals surface area (Å²) >= 11 is 0. The van der Waals surface area contributed by atoms with Crippen LogP contribution in [0.4, 0.5) is 0 Å². The molecule has 4 atom stereocenters. The van der Waals surface area contributed by atoms with Crippen LogP contribution < -0.4 is 5.32 Å². The predicted molar refractivity (Wildman–Crippen MR) is 92.4 cm³/mol. The summed E-state index contributed by atoms with van der Waals surface area (Å²) in [6.07, 6.45) is 6.27. The molecule has 0 amide bonds. The van der Waals surface area contributed by atoms with Crippen LogP contribution in [0.15, 0.2) is 49.1 Å². The fourth-order valence-corrected chi connectivity index (χ4v) is 3.87. The van der Waals surface area contributed by atoms with Crippen molar-refractivity contribution in [2.75, 3.05) is 0 Å². The molecule has 0 aliphatic carbocycles. The van der Waals surface area contributed by atoms with Gasteiger partial charge in [0, 0.05) is 34.6 Å². The summed E-state index contributed by atoms with van der Waals surface area (Å²) in [4.78, 5) is 31.0. The first kappa shape index (κ1) is 17.9. The Morgan fingerprint density at radius 1 is 0.923 bits per heavy atom. The summed E-state index contributed by atoms with van der Waals surface area (Å²) in [5.74, 6) is 0. The number of nitrogens with one attached hydrogen (secondary N) is 1. The number of hydrogen-bond acceptors (Lipinski definition) is 7. The van der Waals surface area contributed by atoms with Crippen molar-refractivity contribution in [3.8, 4) is 0 Å². The Kier molecular flexibility index (Phi) is 4.64. The molecular weight excluding hydrogens is 338 g/mol. The van der Waals surface area contributed by atoms with E-state index in [1.54, 1.807) is 62.9 Å². The minimum Gasteiger partial charge on any atom is -0.291 e. The van der Waals surface area contributed by atoms with Crippen LogP contribution in [0.5, 0.6) is 0 Å². The Morgan fingerprint density at radius 3 is 1.65 bits per heavy atom. The van der Waals surface area contributed by atoms with Crippen molar-refractivity contribution in [1.82, 2.24) is 15.3 Å². The van der Waals surface area contributed by atoms with Crippen LogP contribution in [-0.4, -0.2) is 31.9 Å². The van der Waals surface area contributed by atoms with Gasteiger partial charge in [-0.05, 0) is 37.1 Å². The van der Waals surface area contributed by atoms with Crippen molar-refractivity contribution in [3.63, 3.8) is 0 Å². The Morgan fingerprint density at radius 2 is 1.35 bits per heavy atom. The van der Waals surface area contributed by atoms with Crippen LogP contribution in [0.2, 0.25) is 0 Å². The first-order chi connectivity index (χ1) is 12.3. The van der Waals surface area contributed by atoms with Gasteiger partial charge >= 0.3 is 0 Å². The van der Waals surface area contributed by atoms with Gasteiger partial charge in [-0.1, -0.05) is 12.1 Å². The molecule has 1 N–H and O–H groups in total. The van der Waals surface area contributed by atoms with Crippen LogP contribution in [0.25, 0.3) is 0 Å². The first-order valence-electron chi connectivity index (χ1n) is 8.17. The molecule has 0 aromatic carbocycles. The van der Waals surface area contributed by atoms with Crippen molar-refractivity contribution in [2.45, 2.75) is 38.0 Å². The molecule has 1 saturated heterocycles. The topological polar surface area (TPSA) is 124 Å². The molecule has 1 aliphatic heterocycles. The molecule has 2 aromatic heterocycles. The van der Waals surface area contributed by atoms with Crippen LogP contribution in [0.1, 0.15) is 37.1 Å². The van der Waals surface area contributed by atoms with E-state index in [0.717, 1.165) is 0 Å². The lowest BCUT2D eigenvalue weighted by Gasteiger charge is -2.44. The third-order valence-corrected chi connectivity index (χ3v) is 5.06. The van der Waals surface area contributed by atoms with E-state index in [4.69, 9.17) is 0 Å². The third kappa shape index (κ3) is 3.01. The number of rotatable bonds is 4. The van der Waals surface area contributed by atoms with E-state index in [0.29, 0.717) is 11.1 Å². The van der Waals surface area contributed by atoms with Gasteiger partial charge < -0.3 is 0 Å². The van der Waals surface area contributed by atoms with Crippen LogP contribution >= 0.6 is 0 Å². The lowest BCUT2D eigenvalue weighted by Crippen LogP contribution is -2.63. The zero-order chi connectivity index (χ0) is 18.9. The maximum Gasteiger partial charge on any atom is 0.244 e. The molecule has 0 bridgehead atoms. The van der Waals surface area contributed by atoms with E-state index in [1.165, 1.54) is 0 Å². The van der Waals surface area contributed by atoms with Crippen molar-refractivity contribution >= 4 is 0 Å². The highest BCUT2D eigenvalue weighted by molar-refractivity contribution is 5.25. The zero-order valence-corrected chi connectivity index (χ0v) is 14.4. The summed E-state index contributed by atoms with van der Waals surface area (Å²) < 4.78 is 0. The largest absolute Gasteiger partial charge is 0.291 e. The van der Waals surface area contributed by atoms with Gasteiger partial charge in [0.15, 0.2) is 0 Å². The van der Waals surface area contributed by atoms with E-state index < -0.39 is 39.4 Å². The molecule has 2 aromatic rings. The minimum atomic E-state index is -1.21. The SMILES string of the molecule is CC1(C)[C@@H]([N+](=O)[O-])[C@@H](c2cccnc2)N[C@H](c2cccnc2)[C@H]1[N+](=O)[O-]. The lowest BCUT2D eigenvalue weighted by atomic mass is 9.66. The van der Waals surface area contributed by atoms with Gasteiger partial charge in [0.25, 0.3) is 0 Å². The molecule has 3 heterocycles. The molecule has 0 spiro atoms. The molecule has 3 rings (SSSR count). The molecule has 0 unspecified atom stereocenters. The van der Waals surface area contributed by atoms with Gasteiger partial charge in [0.05, 0.1) is 0 Å². The van der Waals surface area contributed by atoms with Crippen molar-refractivity contribution in [1.29, 1.82) is 0 Å². The summed E-state index contributed by atoms with van der Waals surface area (Å²) in [5.41, 5.74) is 0.0372. The molecule has 136 valence electrons. The monoisotopic (exact) mass is 357 g/mol. The molecular formula is C17H19N5O4. The summed E-state index contributed by atoms with van der Waals surface area (Å²) in [6, 6.07) is 3.07. The smallest absolute Gasteiger partial charge is 0.244 e. The lowest BCUT2D eigenvalue weighted by molar-refractivity contribution is -0.605.